The summed E-state index contributed by atoms with van der Waals surface area (Å²) in [5.41, 5.74) is 0.288. The van der Waals surface area contributed by atoms with Gasteiger partial charge in [0.2, 0.25) is 0 Å². The molecule has 2 fully saturated rings. The number of likely N-dealkylation sites (tertiary alicyclic amines) is 1. The predicted octanol–water partition coefficient (Wildman–Crippen LogP) is 2.56. The van der Waals surface area contributed by atoms with Gasteiger partial charge < -0.3 is 5.32 Å². The van der Waals surface area contributed by atoms with Crippen LogP contribution < -0.4 is 5.32 Å². The van der Waals surface area contributed by atoms with Crippen LogP contribution in [0.4, 0.5) is 4.39 Å². The molecule has 0 bridgehead atoms. The fourth-order valence-corrected chi connectivity index (χ4v) is 10.4. The van der Waals surface area contributed by atoms with Crippen LogP contribution in [-0.2, 0) is 19.7 Å². The minimum atomic E-state index is -3.95. The van der Waals surface area contributed by atoms with E-state index in [4.69, 9.17) is 0 Å². The number of nitrogens with one attached hydrogen (secondary N) is 1. The summed E-state index contributed by atoms with van der Waals surface area (Å²) in [5.74, 6) is -1.15. The van der Waals surface area contributed by atoms with Crippen LogP contribution in [0.3, 0.4) is 0 Å². The quantitative estimate of drug-likeness (QED) is 0.606. The van der Waals surface area contributed by atoms with Gasteiger partial charge in [-0.15, -0.1) is 11.3 Å². The highest BCUT2D eigenvalue weighted by molar-refractivity contribution is 7.96. The smallest absolute Gasteiger partial charge is 0.184 e. The van der Waals surface area contributed by atoms with Gasteiger partial charge in [0.05, 0.1) is 27.7 Å². The van der Waals surface area contributed by atoms with Crippen molar-refractivity contribution in [1.82, 2.24) is 10.2 Å². The fourth-order valence-electron chi connectivity index (χ4n) is 4.61. The standard InChI is InChI=1S/C21H27FN2O4S3/c1-15-11-16(22)6-7-20(15)31(27,28)21-14-30(25,26)13-17(21)23-12-18(19-5-4-10-29-19)24-8-2-3-9-24/h4-7,10-11,17-18,21,23H,2-3,8-9,12-14H2,1H3/t17-,18?,21-/m0/s1. The summed E-state index contributed by atoms with van der Waals surface area (Å²) < 4.78 is 65.1. The number of nitrogens with zero attached hydrogens (tertiary/aromatic N) is 1. The van der Waals surface area contributed by atoms with E-state index < -0.39 is 42.5 Å². The first-order chi connectivity index (χ1) is 14.7. The first-order valence-corrected chi connectivity index (χ1v) is 14.6. The lowest BCUT2D eigenvalue weighted by molar-refractivity contribution is 0.237. The Kier molecular flexibility index (Phi) is 6.56. The van der Waals surface area contributed by atoms with Gasteiger partial charge in [0, 0.05) is 17.5 Å². The van der Waals surface area contributed by atoms with Crippen molar-refractivity contribution in [3.63, 3.8) is 0 Å². The van der Waals surface area contributed by atoms with Crippen molar-refractivity contribution in [2.24, 2.45) is 0 Å². The van der Waals surface area contributed by atoms with Crippen molar-refractivity contribution >= 4 is 31.0 Å². The van der Waals surface area contributed by atoms with Crippen LogP contribution in [0.2, 0.25) is 0 Å². The Bertz CT molecular complexity index is 1130. The van der Waals surface area contributed by atoms with Crippen LogP contribution in [0.1, 0.15) is 29.3 Å². The maximum atomic E-state index is 13.5. The molecule has 4 rings (SSSR count). The number of sulfone groups is 2. The van der Waals surface area contributed by atoms with Gasteiger partial charge in [-0.25, -0.2) is 21.2 Å². The number of hydrogen-bond acceptors (Lipinski definition) is 7. The van der Waals surface area contributed by atoms with Crippen LogP contribution in [-0.4, -0.2) is 64.2 Å². The van der Waals surface area contributed by atoms with E-state index in [-0.39, 0.29) is 22.3 Å². The Hall–Kier alpha value is -1.33. The molecule has 31 heavy (non-hydrogen) atoms. The highest BCUT2D eigenvalue weighted by Crippen LogP contribution is 2.31. The Balaban J connectivity index is 1.58. The molecule has 2 aromatic rings. The molecule has 3 heterocycles. The number of aryl methyl sites for hydroxylation is 1. The van der Waals surface area contributed by atoms with Gasteiger partial charge in [-0.05, 0) is 68.1 Å². The van der Waals surface area contributed by atoms with Crippen LogP contribution in [0.25, 0.3) is 0 Å². The molecule has 3 atom stereocenters. The molecule has 1 unspecified atom stereocenters. The maximum Gasteiger partial charge on any atom is 0.184 e. The van der Waals surface area contributed by atoms with E-state index in [1.807, 2.05) is 11.4 Å². The third kappa shape index (κ3) is 4.88. The molecule has 1 aromatic heterocycles. The molecule has 0 radical (unpaired) electrons. The van der Waals surface area contributed by atoms with Gasteiger partial charge in [-0.2, -0.15) is 0 Å². The van der Waals surface area contributed by atoms with Crippen molar-refractivity contribution in [2.45, 2.75) is 42.0 Å². The second kappa shape index (κ2) is 8.90. The van der Waals surface area contributed by atoms with Crippen molar-refractivity contribution < 1.29 is 21.2 Å². The lowest BCUT2D eigenvalue weighted by atomic mass is 10.2. The number of halogens is 1. The Morgan fingerprint density at radius 2 is 1.97 bits per heavy atom. The molecule has 2 aliphatic rings. The van der Waals surface area contributed by atoms with Crippen LogP contribution in [0.5, 0.6) is 0 Å². The molecule has 170 valence electrons. The third-order valence-corrected chi connectivity index (χ3v) is 11.5. The highest BCUT2D eigenvalue weighted by Gasteiger charge is 2.46. The zero-order valence-electron chi connectivity index (χ0n) is 17.3. The summed E-state index contributed by atoms with van der Waals surface area (Å²) in [6.07, 6.45) is 2.25. The molecule has 2 saturated heterocycles. The number of thiophene rings is 1. The largest absolute Gasteiger partial charge is 0.310 e. The van der Waals surface area contributed by atoms with Gasteiger partial charge >= 0.3 is 0 Å². The van der Waals surface area contributed by atoms with Gasteiger partial charge in [0.1, 0.15) is 5.82 Å². The summed E-state index contributed by atoms with van der Waals surface area (Å²) in [6.45, 7) is 3.96. The minimum absolute atomic E-state index is 0.00264. The summed E-state index contributed by atoms with van der Waals surface area (Å²) >= 11 is 1.65. The molecule has 0 amide bonds. The van der Waals surface area contributed by atoms with Gasteiger partial charge in [0.15, 0.2) is 19.7 Å². The fraction of sp³-hybridized carbons (Fsp3) is 0.524. The molecule has 0 spiro atoms. The molecule has 0 saturated carbocycles. The SMILES string of the molecule is Cc1cc(F)ccc1S(=O)(=O)[C@H]1CS(=O)(=O)C[C@@H]1NCC(c1cccs1)N1CCCC1. The van der Waals surface area contributed by atoms with Crippen LogP contribution in [0, 0.1) is 12.7 Å². The van der Waals surface area contributed by atoms with Crippen molar-refractivity contribution in [3.8, 4) is 0 Å². The van der Waals surface area contributed by atoms with Crippen molar-refractivity contribution in [3.05, 3.63) is 52.0 Å². The molecule has 2 aliphatic heterocycles. The average molecular weight is 487 g/mol. The van der Waals surface area contributed by atoms with E-state index >= 15 is 0 Å². The van der Waals surface area contributed by atoms with Crippen molar-refractivity contribution in [1.29, 1.82) is 0 Å². The predicted molar refractivity (Wildman–Crippen MR) is 120 cm³/mol. The average Bonchev–Trinajstić information content (AvgIpc) is 3.43. The second-order valence-corrected chi connectivity index (χ2v) is 13.6. The lowest BCUT2D eigenvalue weighted by Crippen LogP contribution is -2.46. The molecule has 0 aliphatic carbocycles. The third-order valence-electron chi connectivity index (χ3n) is 6.17. The summed E-state index contributed by atoms with van der Waals surface area (Å²) in [7, 11) is -7.45. The first kappa shape index (κ1) is 22.8. The Morgan fingerprint density at radius 1 is 1.23 bits per heavy atom. The first-order valence-electron chi connectivity index (χ1n) is 10.4. The maximum absolute atomic E-state index is 13.5. The molecule has 6 nitrogen and oxygen atoms in total. The number of benzene rings is 1. The Morgan fingerprint density at radius 3 is 2.61 bits per heavy atom. The molecular formula is C21H27FN2O4S3. The lowest BCUT2D eigenvalue weighted by Gasteiger charge is -2.29. The molecular weight excluding hydrogens is 459 g/mol. The van der Waals surface area contributed by atoms with E-state index in [0.717, 1.165) is 32.0 Å². The number of rotatable bonds is 7. The normalized spacial score (nSPS) is 25.1. The monoisotopic (exact) mass is 486 g/mol. The molecule has 1 N–H and O–H groups in total. The summed E-state index contributed by atoms with van der Waals surface area (Å²) in [6, 6.07) is 6.95. The van der Waals surface area contributed by atoms with Crippen LogP contribution in [0.15, 0.2) is 40.6 Å². The zero-order valence-corrected chi connectivity index (χ0v) is 19.8. The van der Waals surface area contributed by atoms with E-state index in [2.05, 4.69) is 16.3 Å². The topological polar surface area (TPSA) is 83.5 Å². The minimum Gasteiger partial charge on any atom is -0.310 e. The van der Waals surface area contributed by atoms with E-state index in [1.165, 1.54) is 23.9 Å². The van der Waals surface area contributed by atoms with Crippen molar-refractivity contribution in [2.75, 3.05) is 31.1 Å². The highest BCUT2D eigenvalue weighted by atomic mass is 32.2. The van der Waals surface area contributed by atoms with Gasteiger partial charge in [-0.1, -0.05) is 6.07 Å². The molecule has 1 aromatic carbocycles. The number of hydrogen-bond donors (Lipinski definition) is 1. The van der Waals surface area contributed by atoms with Crippen LogP contribution >= 0.6 is 11.3 Å². The van der Waals surface area contributed by atoms with E-state index in [1.54, 1.807) is 11.3 Å². The zero-order chi connectivity index (χ0) is 22.2. The van der Waals surface area contributed by atoms with E-state index in [9.17, 15) is 21.2 Å². The second-order valence-electron chi connectivity index (χ2n) is 8.36. The Labute approximate surface area is 187 Å². The molecule has 10 heteroatoms. The van der Waals surface area contributed by atoms with E-state index in [0.29, 0.717) is 6.54 Å². The van der Waals surface area contributed by atoms with Gasteiger partial charge in [0.25, 0.3) is 0 Å². The summed E-state index contributed by atoms with van der Waals surface area (Å²) in [5, 5.41) is 4.22. The summed E-state index contributed by atoms with van der Waals surface area (Å²) in [4.78, 5) is 3.55. The van der Waals surface area contributed by atoms with Gasteiger partial charge in [-0.3, -0.25) is 4.90 Å².